The van der Waals surface area contributed by atoms with Crippen molar-refractivity contribution in [3.8, 4) is 5.75 Å². The van der Waals surface area contributed by atoms with Gasteiger partial charge in [0.2, 0.25) is 0 Å². The number of benzene rings is 4. The molecule has 5 rings (SSSR count). The van der Waals surface area contributed by atoms with Crippen LogP contribution >= 0.6 is 12.4 Å². The largest absolute Gasteiger partial charge is 0.489 e. The molecule has 180 valence electrons. The summed E-state index contributed by atoms with van der Waals surface area (Å²) < 4.78 is 20.2. The zero-order valence-electron chi connectivity index (χ0n) is 19.1. The fourth-order valence-electron chi connectivity index (χ4n) is 4.85. The Labute approximate surface area is 210 Å². The van der Waals surface area contributed by atoms with E-state index in [9.17, 15) is 14.3 Å². The van der Waals surface area contributed by atoms with Gasteiger partial charge in [0.25, 0.3) is 0 Å². The topological polar surface area (TPSA) is 58.6 Å². The number of hydrogen-bond acceptors (Lipinski definition) is 3. The molecule has 1 heterocycles. The van der Waals surface area contributed by atoms with E-state index in [0.29, 0.717) is 13.0 Å². The molecule has 4 nitrogen and oxygen atoms in total. The van der Waals surface area contributed by atoms with E-state index in [1.165, 1.54) is 28.5 Å². The van der Waals surface area contributed by atoms with E-state index in [1.807, 2.05) is 24.3 Å². The number of carbonyl (C=O) groups is 1. The fourth-order valence-corrected chi connectivity index (χ4v) is 4.85. The van der Waals surface area contributed by atoms with Gasteiger partial charge >= 0.3 is 5.97 Å². The third kappa shape index (κ3) is 5.31. The van der Waals surface area contributed by atoms with Crippen LogP contribution in [0.1, 0.15) is 39.4 Å². The zero-order valence-corrected chi connectivity index (χ0v) is 19.9. The first kappa shape index (κ1) is 24.7. The molecule has 6 heteroatoms. The molecule has 1 aliphatic rings. The molecule has 1 aliphatic heterocycles. The highest BCUT2D eigenvalue weighted by atomic mass is 35.5. The summed E-state index contributed by atoms with van der Waals surface area (Å²) in [6, 6.07) is 27.0. The van der Waals surface area contributed by atoms with E-state index >= 15 is 0 Å². The molecule has 0 aromatic heterocycles. The van der Waals surface area contributed by atoms with Crippen LogP contribution in [0.3, 0.4) is 0 Å². The first-order chi connectivity index (χ1) is 16.6. The van der Waals surface area contributed by atoms with Gasteiger partial charge in [-0.05, 0) is 59.5 Å². The van der Waals surface area contributed by atoms with Gasteiger partial charge in [0.15, 0.2) is 0 Å². The Morgan fingerprint density at radius 2 is 1.77 bits per heavy atom. The van der Waals surface area contributed by atoms with Gasteiger partial charge < -0.3 is 15.2 Å². The molecule has 0 saturated carbocycles. The predicted molar refractivity (Wildman–Crippen MR) is 138 cm³/mol. The average Bonchev–Trinajstić information content (AvgIpc) is 2.86. The van der Waals surface area contributed by atoms with Crippen molar-refractivity contribution in [2.45, 2.75) is 24.9 Å². The molecule has 0 amide bonds. The molecular formula is C29H27ClFNO3. The first-order valence-electron chi connectivity index (χ1n) is 11.6. The standard InChI is InChI=1S/C29H26FNO3.ClH/c30-27-13-12-21(16-26(27)29(32)33)25-17-22(34-28-11-4-3-10-24(25)28)18-31-15-14-20-8-5-7-19-6-1-2-9-23(19)20;/h1-13,16,22,25,31H,14-15,17-18H2,(H,32,33);1H. The van der Waals surface area contributed by atoms with Crippen molar-refractivity contribution in [1.82, 2.24) is 5.32 Å². The van der Waals surface area contributed by atoms with Crippen molar-refractivity contribution >= 4 is 29.1 Å². The Morgan fingerprint density at radius 1 is 1.00 bits per heavy atom. The van der Waals surface area contributed by atoms with Crippen LogP contribution < -0.4 is 10.1 Å². The molecule has 0 bridgehead atoms. The number of rotatable bonds is 7. The van der Waals surface area contributed by atoms with Crippen molar-refractivity contribution in [3.05, 3.63) is 113 Å². The van der Waals surface area contributed by atoms with Crippen LogP contribution in [-0.4, -0.2) is 30.3 Å². The minimum absolute atomic E-state index is 0. The van der Waals surface area contributed by atoms with Crippen LogP contribution in [0, 0.1) is 5.82 Å². The Hall–Kier alpha value is -3.41. The molecule has 0 aliphatic carbocycles. The second-order valence-corrected chi connectivity index (χ2v) is 8.70. The Morgan fingerprint density at radius 3 is 2.63 bits per heavy atom. The summed E-state index contributed by atoms with van der Waals surface area (Å²) in [6.45, 7) is 1.49. The number of halogens is 2. The maximum Gasteiger partial charge on any atom is 0.338 e. The minimum atomic E-state index is -1.26. The molecule has 2 N–H and O–H groups in total. The van der Waals surface area contributed by atoms with Crippen LogP contribution in [0.25, 0.3) is 10.8 Å². The number of carboxylic acids is 1. The van der Waals surface area contributed by atoms with Crippen LogP contribution in [0.4, 0.5) is 4.39 Å². The number of fused-ring (bicyclic) bond motifs is 2. The quantitative estimate of drug-likeness (QED) is 0.301. The molecule has 0 radical (unpaired) electrons. The van der Waals surface area contributed by atoms with Crippen molar-refractivity contribution in [1.29, 1.82) is 0 Å². The molecule has 2 unspecified atom stereocenters. The van der Waals surface area contributed by atoms with Gasteiger partial charge in [-0.3, -0.25) is 0 Å². The molecule has 35 heavy (non-hydrogen) atoms. The number of nitrogens with one attached hydrogen (secondary N) is 1. The van der Waals surface area contributed by atoms with Gasteiger partial charge in [0.1, 0.15) is 17.7 Å². The zero-order chi connectivity index (χ0) is 23.5. The van der Waals surface area contributed by atoms with Crippen molar-refractivity contribution in [2.75, 3.05) is 13.1 Å². The monoisotopic (exact) mass is 491 g/mol. The van der Waals surface area contributed by atoms with E-state index in [2.05, 4.69) is 47.8 Å². The SMILES string of the molecule is Cl.O=C(O)c1cc(C2CC(CNCCc3cccc4ccccc34)Oc3ccccc32)ccc1F. The lowest BCUT2D eigenvalue weighted by Gasteiger charge is -2.33. The lowest BCUT2D eigenvalue weighted by Crippen LogP contribution is -2.36. The maximum absolute atomic E-state index is 14.0. The summed E-state index contributed by atoms with van der Waals surface area (Å²) in [7, 11) is 0. The number of aromatic carboxylic acids is 1. The van der Waals surface area contributed by atoms with Gasteiger partial charge in [-0.25, -0.2) is 9.18 Å². The third-order valence-electron chi connectivity index (χ3n) is 6.53. The van der Waals surface area contributed by atoms with E-state index in [-0.39, 0.29) is 30.0 Å². The van der Waals surface area contributed by atoms with Gasteiger partial charge in [-0.1, -0.05) is 66.7 Å². The van der Waals surface area contributed by atoms with E-state index in [0.717, 1.165) is 29.8 Å². The summed E-state index contributed by atoms with van der Waals surface area (Å²) in [5, 5.41) is 15.4. The summed E-state index contributed by atoms with van der Waals surface area (Å²) in [4.78, 5) is 11.5. The second kappa shape index (κ2) is 10.9. The second-order valence-electron chi connectivity index (χ2n) is 8.70. The van der Waals surface area contributed by atoms with Crippen molar-refractivity contribution in [2.24, 2.45) is 0 Å². The molecule has 0 spiro atoms. The molecule has 0 saturated heterocycles. The first-order valence-corrected chi connectivity index (χ1v) is 11.6. The van der Waals surface area contributed by atoms with Gasteiger partial charge in [-0.2, -0.15) is 0 Å². The van der Waals surface area contributed by atoms with Crippen LogP contribution in [0.15, 0.2) is 84.9 Å². The summed E-state index contributed by atoms with van der Waals surface area (Å²) >= 11 is 0. The number of para-hydroxylation sites is 1. The number of ether oxygens (including phenoxy) is 1. The van der Waals surface area contributed by atoms with Gasteiger partial charge in [-0.15, -0.1) is 12.4 Å². The molecular weight excluding hydrogens is 465 g/mol. The van der Waals surface area contributed by atoms with Gasteiger partial charge in [0, 0.05) is 18.0 Å². The van der Waals surface area contributed by atoms with E-state index < -0.39 is 11.8 Å². The third-order valence-corrected chi connectivity index (χ3v) is 6.53. The highest BCUT2D eigenvalue weighted by molar-refractivity contribution is 5.88. The normalized spacial score (nSPS) is 16.7. The van der Waals surface area contributed by atoms with Gasteiger partial charge in [0.05, 0.1) is 5.56 Å². The molecule has 4 aromatic carbocycles. The minimum Gasteiger partial charge on any atom is -0.489 e. The van der Waals surface area contributed by atoms with Crippen LogP contribution in [0.5, 0.6) is 5.75 Å². The Kier molecular flexibility index (Phi) is 7.69. The van der Waals surface area contributed by atoms with Crippen LogP contribution in [0.2, 0.25) is 0 Å². The summed E-state index contributed by atoms with van der Waals surface area (Å²) in [5.74, 6) is -1.25. The molecule has 4 aromatic rings. The molecule has 0 fully saturated rings. The molecule has 2 atom stereocenters. The highest BCUT2D eigenvalue weighted by Crippen LogP contribution is 2.40. The van der Waals surface area contributed by atoms with E-state index in [4.69, 9.17) is 4.74 Å². The predicted octanol–water partition coefficient (Wildman–Crippen LogP) is 6.21. The fraction of sp³-hybridized carbons (Fsp3) is 0.207. The lowest BCUT2D eigenvalue weighted by molar-refractivity contribution is 0.0691. The average molecular weight is 492 g/mol. The smallest absolute Gasteiger partial charge is 0.338 e. The lowest BCUT2D eigenvalue weighted by atomic mass is 9.83. The summed E-state index contributed by atoms with van der Waals surface area (Å²) in [5.41, 5.74) is 2.80. The summed E-state index contributed by atoms with van der Waals surface area (Å²) in [6.07, 6.45) is 1.52. The number of carboxylic acid groups (broad SMARTS) is 1. The maximum atomic E-state index is 14.0. The van der Waals surface area contributed by atoms with Crippen molar-refractivity contribution in [3.63, 3.8) is 0 Å². The van der Waals surface area contributed by atoms with E-state index in [1.54, 1.807) is 6.07 Å². The Balaban J connectivity index is 0.00000289. The van der Waals surface area contributed by atoms with Crippen molar-refractivity contribution < 1.29 is 19.0 Å². The highest BCUT2D eigenvalue weighted by Gasteiger charge is 2.30. The van der Waals surface area contributed by atoms with Crippen LogP contribution in [-0.2, 0) is 6.42 Å². The number of hydrogen-bond donors (Lipinski definition) is 2. The Bertz CT molecular complexity index is 1340.